The Hall–Kier alpha value is -3.40. The molecular weight excluding hydrogens is 322 g/mol. The topological polar surface area (TPSA) is 49.0 Å². The first-order valence-corrected chi connectivity index (χ1v) is 8.55. The molecule has 3 aromatic carbocycles. The summed E-state index contributed by atoms with van der Waals surface area (Å²) in [5.74, 6) is -0.0504. The summed E-state index contributed by atoms with van der Waals surface area (Å²) in [6.07, 6.45) is 1.60. The minimum atomic E-state index is -0.0504. The zero-order valence-corrected chi connectivity index (χ0v) is 14.5. The van der Waals surface area contributed by atoms with E-state index < -0.39 is 0 Å². The molecule has 128 valence electrons. The molecule has 0 radical (unpaired) electrons. The Balaban J connectivity index is 1.62. The van der Waals surface area contributed by atoms with Gasteiger partial charge in [0.25, 0.3) is 5.91 Å². The maximum Gasteiger partial charge on any atom is 0.257 e. The molecule has 0 saturated carbocycles. The molecule has 0 bridgehead atoms. The summed E-state index contributed by atoms with van der Waals surface area (Å²) in [4.78, 5) is 14.7. The number of aromatic amines is 1. The van der Waals surface area contributed by atoms with Crippen LogP contribution in [-0.4, -0.2) is 28.1 Å². The number of carbonyl (C=O) groups is 1. The fourth-order valence-electron chi connectivity index (χ4n) is 3.24. The molecule has 0 aliphatic rings. The molecule has 0 spiro atoms. The van der Waals surface area contributed by atoms with Gasteiger partial charge in [0.1, 0.15) is 0 Å². The number of carbonyl (C=O) groups excluding carboxylic acids is 1. The molecule has 0 fully saturated rings. The van der Waals surface area contributed by atoms with Crippen LogP contribution in [0.25, 0.3) is 22.0 Å². The molecule has 1 N–H and O–H groups in total. The van der Waals surface area contributed by atoms with Crippen LogP contribution in [0, 0.1) is 0 Å². The summed E-state index contributed by atoms with van der Waals surface area (Å²) >= 11 is 0. The molecule has 0 aliphatic heterocycles. The highest BCUT2D eigenvalue weighted by molar-refractivity contribution is 5.99. The largest absolute Gasteiger partial charge is 0.337 e. The number of H-pyrrole nitrogens is 1. The van der Waals surface area contributed by atoms with Gasteiger partial charge in [-0.05, 0) is 16.3 Å². The van der Waals surface area contributed by atoms with Crippen LogP contribution in [0.3, 0.4) is 0 Å². The molecule has 1 aromatic heterocycles. The van der Waals surface area contributed by atoms with E-state index in [9.17, 15) is 4.79 Å². The summed E-state index contributed by atoms with van der Waals surface area (Å²) in [6, 6.07) is 24.2. The van der Waals surface area contributed by atoms with E-state index in [1.165, 1.54) is 10.8 Å². The summed E-state index contributed by atoms with van der Waals surface area (Å²) < 4.78 is 0. The van der Waals surface area contributed by atoms with E-state index in [1.807, 2.05) is 55.6 Å². The van der Waals surface area contributed by atoms with Crippen molar-refractivity contribution >= 4 is 16.7 Å². The van der Waals surface area contributed by atoms with Crippen LogP contribution in [0.15, 0.2) is 79.0 Å². The Morgan fingerprint density at radius 3 is 2.54 bits per heavy atom. The van der Waals surface area contributed by atoms with Crippen LogP contribution in [0.5, 0.6) is 0 Å². The zero-order chi connectivity index (χ0) is 17.9. The summed E-state index contributed by atoms with van der Waals surface area (Å²) in [5.41, 5.74) is 3.41. The van der Waals surface area contributed by atoms with Gasteiger partial charge in [0.05, 0.1) is 17.5 Å². The highest BCUT2D eigenvalue weighted by Crippen LogP contribution is 2.24. The Bertz CT molecular complexity index is 1050. The minimum Gasteiger partial charge on any atom is -0.337 e. The molecule has 1 amide bonds. The number of fused-ring (bicyclic) bond motifs is 1. The van der Waals surface area contributed by atoms with Gasteiger partial charge in [-0.15, -0.1) is 0 Å². The number of amides is 1. The van der Waals surface area contributed by atoms with Crippen molar-refractivity contribution in [2.24, 2.45) is 0 Å². The number of hydrogen-bond acceptors (Lipinski definition) is 2. The van der Waals surface area contributed by atoms with E-state index >= 15 is 0 Å². The van der Waals surface area contributed by atoms with Crippen LogP contribution < -0.4 is 0 Å². The first kappa shape index (κ1) is 16.1. The smallest absolute Gasteiger partial charge is 0.257 e. The maximum atomic E-state index is 13.0. The van der Waals surface area contributed by atoms with Crippen molar-refractivity contribution in [3.8, 4) is 11.3 Å². The number of nitrogens with one attached hydrogen (secondary N) is 1. The molecule has 4 nitrogen and oxygen atoms in total. The lowest BCUT2D eigenvalue weighted by atomic mass is 10.0. The third kappa shape index (κ3) is 2.97. The van der Waals surface area contributed by atoms with Crippen LogP contribution in [-0.2, 0) is 6.54 Å². The molecule has 4 rings (SSSR count). The van der Waals surface area contributed by atoms with Gasteiger partial charge < -0.3 is 4.90 Å². The van der Waals surface area contributed by atoms with Crippen molar-refractivity contribution in [2.75, 3.05) is 7.05 Å². The van der Waals surface area contributed by atoms with E-state index in [0.717, 1.165) is 16.8 Å². The molecule has 0 atom stereocenters. The Kier molecular flexibility index (Phi) is 4.23. The molecule has 26 heavy (non-hydrogen) atoms. The molecule has 1 heterocycles. The monoisotopic (exact) mass is 341 g/mol. The van der Waals surface area contributed by atoms with Crippen LogP contribution in [0.2, 0.25) is 0 Å². The molecule has 0 unspecified atom stereocenters. The van der Waals surface area contributed by atoms with Gasteiger partial charge >= 0.3 is 0 Å². The van der Waals surface area contributed by atoms with Crippen LogP contribution in [0.1, 0.15) is 15.9 Å². The highest BCUT2D eigenvalue weighted by Gasteiger charge is 2.19. The van der Waals surface area contributed by atoms with Crippen molar-refractivity contribution in [1.82, 2.24) is 15.1 Å². The normalized spacial score (nSPS) is 10.8. The third-order valence-electron chi connectivity index (χ3n) is 4.57. The minimum absolute atomic E-state index is 0.0504. The summed E-state index contributed by atoms with van der Waals surface area (Å²) in [7, 11) is 1.83. The van der Waals surface area contributed by atoms with Gasteiger partial charge in [0, 0.05) is 19.2 Å². The van der Waals surface area contributed by atoms with Crippen molar-refractivity contribution in [3.63, 3.8) is 0 Å². The molecule has 4 heteroatoms. The standard InChI is InChI=1S/C22H19N3O/c1-25(15-18-12-7-11-16-8-5-6-13-19(16)18)22(26)20-14-23-24-21(20)17-9-3-2-4-10-17/h2-14H,15H2,1H3,(H,23,24). The fourth-order valence-corrected chi connectivity index (χ4v) is 3.24. The van der Waals surface area contributed by atoms with Gasteiger partial charge in [0.2, 0.25) is 0 Å². The molecule has 0 saturated heterocycles. The first-order valence-electron chi connectivity index (χ1n) is 8.55. The molecule has 0 aliphatic carbocycles. The number of rotatable bonds is 4. The van der Waals surface area contributed by atoms with Crippen molar-refractivity contribution in [1.29, 1.82) is 0 Å². The number of benzene rings is 3. The molecular formula is C22H19N3O. The third-order valence-corrected chi connectivity index (χ3v) is 4.57. The lowest BCUT2D eigenvalue weighted by Gasteiger charge is -2.18. The van der Waals surface area contributed by atoms with Crippen LogP contribution >= 0.6 is 0 Å². The second-order valence-electron chi connectivity index (χ2n) is 6.32. The second kappa shape index (κ2) is 6.84. The highest BCUT2D eigenvalue weighted by atomic mass is 16.2. The van der Waals surface area contributed by atoms with E-state index in [1.54, 1.807) is 11.1 Å². The average Bonchev–Trinajstić information content (AvgIpc) is 3.18. The van der Waals surface area contributed by atoms with E-state index in [4.69, 9.17) is 0 Å². The van der Waals surface area contributed by atoms with Crippen molar-refractivity contribution < 1.29 is 4.79 Å². The predicted molar refractivity (Wildman–Crippen MR) is 104 cm³/mol. The lowest BCUT2D eigenvalue weighted by molar-refractivity contribution is 0.0786. The maximum absolute atomic E-state index is 13.0. The SMILES string of the molecule is CN(Cc1cccc2ccccc12)C(=O)c1cn[nH]c1-c1ccccc1. The van der Waals surface area contributed by atoms with Crippen LogP contribution in [0.4, 0.5) is 0 Å². The second-order valence-corrected chi connectivity index (χ2v) is 6.32. The van der Waals surface area contributed by atoms with Crippen molar-refractivity contribution in [3.05, 3.63) is 90.1 Å². The Labute approximate surface area is 152 Å². The van der Waals surface area contributed by atoms with Gasteiger partial charge in [-0.3, -0.25) is 9.89 Å². The average molecular weight is 341 g/mol. The van der Waals surface area contributed by atoms with Gasteiger partial charge in [-0.2, -0.15) is 5.10 Å². The van der Waals surface area contributed by atoms with E-state index in [0.29, 0.717) is 12.1 Å². The van der Waals surface area contributed by atoms with Crippen molar-refractivity contribution in [2.45, 2.75) is 6.54 Å². The zero-order valence-electron chi connectivity index (χ0n) is 14.5. The quantitative estimate of drug-likeness (QED) is 0.594. The fraction of sp³-hybridized carbons (Fsp3) is 0.0909. The van der Waals surface area contributed by atoms with E-state index in [-0.39, 0.29) is 5.91 Å². The number of hydrogen-bond donors (Lipinski definition) is 1. The van der Waals surface area contributed by atoms with Gasteiger partial charge in [-0.1, -0.05) is 72.8 Å². The number of aromatic nitrogens is 2. The lowest BCUT2D eigenvalue weighted by Crippen LogP contribution is -2.26. The molecule has 4 aromatic rings. The summed E-state index contributed by atoms with van der Waals surface area (Å²) in [5, 5.41) is 9.39. The Morgan fingerprint density at radius 1 is 0.962 bits per heavy atom. The van der Waals surface area contributed by atoms with Gasteiger partial charge in [0.15, 0.2) is 0 Å². The number of nitrogens with zero attached hydrogens (tertiary/aromatic N) is 2. The Morgan fingerprint density at radius 2 is 1.69 bits per heavy atom. The summed E-state index contributed by atoms with van der Waals surface area (Å²) in [6.45, 7) is 0.541. The van der Waals surface area contributed by atoms with Gasteiger partial charge in [-0.25, -0.2) is 0 Å². The van der Waals surface area contributed by atoms with E-state index in [2.05, 4.69) is 34.5 Å². The predicted octanol–water partition coefficient (Wildman–Crippen LogP) is 4.50. The first-order chi connectivity index (χ1) is 12.7.